The van der Waals surface area contributed by atoms with Crippen LogP contribution in [0.2, 0.25) is 5.02 Å². The van der Waals surface area contributed by atoms with Crippen LogP contribution >= 0.6 is 35.6 Å². The van der Waals surface area contributed by atoms with E-state index >= 15 is 0 Å². The van der Waals surface area contributed by atoms with E-state index in [0.717, 1.165) is 11.3 Å². The van der Waals surface area contributed by atoms with Crippen molar-refractivity contribution in [3.63, 3.8) is 0 Å². The third kappa shape index (κ3) is 8.77. The zero-order valence-corrected chi connectivity index (χ0v) is 20.2. The van der Waals surface area contributed by atoms with E-state index in [1.165, 1.54) is 12.1 Å². The van der Waals surface area contributed by atoms with Gasteiger partial charge in [0.25, 0.3) is 0 Å². The molecule has 2 rings (SSSR count). The molecule has 3 N–H and O–H groups in total. The molecule has 0 spiro atoms. The second-order valence-corrected chi connectivity index (χ2v) is 8.03. The van der Waals surface area contributed by atoms with Crippen molar-refractivity contribution in [2.24, 2.45) is 4.99 Å². The molecule has 2 aromatic carbocycles. The van der Waals surface area contributed by atoms with Crippen LogP contribution in [0.1, 0.15) is 12.5 Å². The molecule has 0 fully saturated rings. The molecule has 0 atom stereocenters. The average Bonchev–Trinajstić information content (AvgIpc) is 2.69. The van der Waals surface area contributed by atoms with Crippen LogP contribution in [0.4, 0.5) is 0 Å². The molecule has 0 aromatic heterocycles. The summed E-state index contributed by atoms with van der Waals surface area (Å²) >= 11 is 5.86. The SMILES string of the molecule is CCNC(=NCc1ccc(OC)cc1)NCCNS(=O)(=O)c1cccc(Cl)c1.I. The highest BCUT2D eigenvalue weighted by atomic mass is 127. The van der Waals surface area contributed by atoms with Crippen LogP contribution in [0, 0.1) is 0 Å². The highest BCUT2D eigenvalue weighted by Crippen LogP contribution is 2.15. The van der Waals surface area contributed by atoms with Crippen molar-refractivity contribution in [1.82, 2.24) is 15.4 Å². The topological polar surface area (TPSA) is 91.8 Å². The number of guanidine groups is 1. The van der Waals surface area contributed by atoms with Crippen LogP contribution in [0.25, 0.3) is 0 Å². The Hall–Kier alpha value is -1.56. The summed E-state index contributed by atoms with van der Waals surface area (Å²) in [6.07, 6.45) is 0. The van der Waals surface area contributed by atoms with E-state index in [4.69, 9.17) is 16.3 Å². The number of methoxy groups -OCH3 is 1. The first kappa shape index (κ1) is 25.5. The van der Waals surface area contributed by atoms with Crippen molar-refractivity contribution in [1.29, 1.82) is 0 Å². The lowest BCUT2D eigenvalue weighted by Gasteiger charge is -2.12. The zero-order valence-electron chi connectivity index (χ0n) is 16.3. The first-order valence-corrected chi connectivity index (χ1v) is 10.7. The number of ether oxygens (including phenoxy) is 1. The van der Waals surface area contributed by atoms with Crippen LogP contribution in [0.3, 0.4) is 0 Å². The Balaban J connectivity index is 0.00000420. The summed E-state index contributed by atoms with van der Waals surface area (Å²) in [5.74, 6) is 1.41. The van der Waals surface area contributed by atoms with Gasteiger partial charge < -0.3 is 15.4 Å². The summed E-state index contributed by atoms with van der Waals surface area (Å²) in [5, 5.41) is 6.62. The van der Waals surface area contributed by atoms with Gasteiger partial charge >= 0.3 is 0 Å². The molecule has 2 aromatic rings. The molecule has 29 heavy (non-hydrogen) atoms. The van der Waals surface area contributed by atoms with E-state index in [9.17, 15) is 8.42 Å². The largest absolute Gasteiger partial charge is 0.497 e. The van der Waals surface area contributed by atoms with Gasteiger partial charge in [0.05, 0.1) is 18.6 Å². The predicted molar refractivity (Wildman–Crippen MR) is 128 cm³/mol. The van der Waals surface area contributed by atoms with Crippen molar-refractivity contribution in [2.75, 3.05) is 26.7 Å². The van der Waals surface area contributed by atoms with Crippen LogP contribution in [0.15, 0.2) is 58.4 Å². The highest BCUT2D eigenvalue weighted by Gasteiger charge is 2.13. The Bertz CT molecular complexity index is 893. The molecule has 7 nitrogen and oxygen atoms in total. The van der Waals surface area contributed by atoms with Crippen molar-refractivity contribution < 1.29 is 13.2 Å². The van der Waals surface area contributed by atoms with Gasteiger partial charge in [-0.2, -0.15) is 0 Å². The first-order valence-electron chi connectivity index (χ1n) is 8.85. The molecule has 0 radical (unpaired) electrons. The van der Waals surface area contributed by atoms with Crippen molar-refractivity contribution in [3.05, 3.63) is 59.1 Å². The Morgan fingerprint density at radius 2 is 1.83 bits per heavy atom. The molecule has 0 amide bonds. The Labute approximate surface area is 194 Å². The van der Waals surface area contributed by atoms with Gasteiger partial charge in [-0.05, 0) is 42.8 Å². The number of hydrogen-bond donors (Lipinski definition) is 3. The van der Waals surface area contributed by atoms with Gasteiger partial charge in [0.1, 0.15) is 5.75 Å². The smallest absolute Gasteiger partial charge is 0.240 e. The molecule has 10 heteroatoms. The predicted octanol–water partition coefficient (Wildman–Crippen LogP) is 3.00. The van der Waals surface area contributed by atoms with Gasteiger partial charge in [0.2, 0.25) is 10.0 Å². The second kappa shape index (κ2) is 12.9. The van der Waals surface area contributed by atoms with Crippen LogP contribution in [-0.4, -0.2) is 41.1 Å². The maximum atomic E-state index is 12.3. The first-order chi connectivity index (χ1) is 13.4. The fourth-order valence-electron chi connectivity index (χ4n) is 2.33. The maximum Gasteiger partial charge on any atom is 0.240 e. The molecule has 0 aliphatic rings. The number of nitrogens with zero attached hydrogens (tertiary/aromatic N) is 1. The van der Waals surface area contributed by atoms with Gasteiger partial charge in [-0.1, -0.05) is 29.8 Å². The number of rotatable bonds is 9. The quantitative estimate of drug-likeness (QED) is 0.193. The molecule has 0 saturated heterocycles. The summed E-state index contributed by atoms with van der Waals surface area (Å²) < 4.78 is 32.2. The maximum absolute atomic E-state index is 12.3. The Kier molecular flexibility index (Phi) is 11.3. The molecule has 0 bridgehead atoms. The second-order valence-electron chi connectivity index (χ2n) is 5.83. The van der Waals surface area contributed by atoms with Gasteiger partial charge in [0.15, 0.2) is 5.96 Å². The average molecular weight is 553 g/mol. The normalized spacial score (nSPS) is 11.5. The summed E-state index contributed by atoms with van der Waals surface area (Å²) in [4.78, 5) is 4.64. The molecule has 0 heterocycles. The number of halogens is 2. The lowest BCUT2D eigenvalue weighted by Crippen LogP contribution is -2.41. The Morgan fingerprint density at radius 3 is 2.45 bits per heavy atom. The monoisotopic (exact) mass is 552 g/mol. The molecule has 0 unspecified atom stereocenters. The van der Waals surface area contributed by atoms with Gasteiger partial charge in [-0.3, -0.25) is 0 Å². The van der Waals surface area contributed by atoms with E-state index in [0.29, 0.717) is 30.6 Å². The van der Waals surface area contributed by atoms with E-state index in [-0.39, 0.29) is 35.4 Å². The summed E-state index contributed by atoms with van der Waals surface area (Å²) in [5.41, 5.74) is 1.04. The number of aliphatic imine (C=N–C) groups is 1. The van der Waals surface area contributed by atoms with E-state index in [1.807, 2.05) is 31.2 Å². The van der Waals surface area contributed by atoms with Gasteiger partial charge in [0, 0.05) is 24.7 Å². The molecule has 0 aliphatic carbocycles. The van der Waals surface area contributed by atoms with Gasteiger partial charge in [-0.25, -0.2) is 18.1 Å². The zero-order chi connectivity index (χ0) is 20.4. The minimum absolute atomic E-state index is 0. The minimum Gasteiger partial charge on any atom is -0.497 e. The number of benzene rings is 2. The third-order valence-electron chi connectivity index (χ3n) is 3.74. The van der Waals surface area contributed by atoms with E-state index < -0.39 is 10.0 Å². The summed E-state index contributed by atoms with van der Waals surface area (Å²) in [6.45, 7) is 3.75. The van der Waals surface area contributed by atoms with Crippen molar-refractivity contribution in [2.45, 2.75) is 18.4 Å². The molecule has 0 saturated carbocycles. The highest BCUT2D eigenvalue weighted by molar-refractivity contribution is 14.0. The fourth-order valence-corrected chi connectivity index (χ4v) is 3.66. The lowest BCUT2D eigenvalue weighted by molar-refractivity contribution is 0.414. The summed E-state index contributed by atoms with van der Waals surface area (Å²) in [7, 11) is -1.98. The van der Waals surface area contributed by atoms with Crippen molar-refractivity contribution >= 4 is 51.6 Å². The van der Waals surface area contributed by atoms with Crippen LogP contribution in [0.5, 0.6) is 5.75 Å². The molecular weight excluding hydrogens is 527 g/mol. The molecule has 0 aliphatic heterocycles. The number of sulfonamides is 1. The van der Waals surface area contributed by atoms with Crippen LogP contribution < -0.4 is 20.1 Å². The third-order valence-corrected chi connectivity index (χ3v) is 5.43. The Morgan fingerprint density at radius 1 is 1.10 bits per heavy atom. The standard InChI is InChI=1S/C19H25ClN4O3S.HI/c1-3-21-19(23-14-15-7-9-17(27-2)10-8-15)22-11-12-24-28(25,26)18-6-4-5-16(20)13-18;/h4-10,13,24H,3,11-12,14H2,1-2H3,(H2,21,22,23);1H. The lowest BCUT2D eigenvalue weighted by atomic mass is 10.2. The number of hydrogen-bond acceptors (Lipinski definition) is 4. The summed E-state index contributed by atoms with van der Waals surface area (Å²) in [6, 6.07) is 13.8. The number of nitrogens with one attached hydrogen (secondary N) is 3. The molecular formula is C19H26ClIN4O3S. The van der Waals surface area contributed by atoms with Gasteiger partial charge in [-0.15, -0.1) is 24.0 Å². The van der Waals surface area contributed by atoms with E-state index in [1.54, 1.807) is 19.2 Å². The fraction of sp³-hybridized carbons (Fsp3) is 0.316. The van der Waals surface area contributed by atoms with Crippen molar-refractivity contribution in [3.8, 4) is 5.75 Å². The van der Waals surface area contributed by atoms with Crippen LogP contribution in [-0.2, 0) is 16.6 Å². The minimum atomic E-state index is -3.60. The van der Waals surface area contributed by atoms with E-state index in [2.05, 4.69) is 20.3 Å². The molecule has 160 valence electrons.